The summed E-state index contributed by atoms with van der Waals surface area (Å²) in [6.07, 6.45) is 5.30. The number of pyridine rings is 1. The van der Waals surface area contributed by atoms with Crippen molar-refractivity contribution < 1.29 is 4.92 Å². The van der Waals surface area contributed by atoms with Gasteiger partial charge >= 0.3 is 5.69 Å². The van der Waals surface area contributed by atoms with E-state index >= 15 is 0 Å². The Morgan fingerprint density at radius 2 is 2.11 bits per heavy atom. The Hall–Kier alpha value is -1.69. The predicted octanol–water partition coefficient (Wildman–Crippen LogP) is 2.37. The zero-order valence-corrected chi connectivity index (χ0v) is 11.1. The first kappa shape index (κ1) is 13.7. The van der Waals surface area contributed by atoms with E-state index in [1.165, 1.54) is 12.5 Å². The van der Waals surface area contributed by atoms with Gasteiger partial charge in [0.05, 0.1) is 4.92 Å². The van der Waals surface area contributed by atoms with Crippen LogP contribution in [-0.4, -0.2) is 22.0 Å². The Kier molecular flexibility index (Phi) is 4.31. The lowest BCUT2D eigenvalue weighted by Crippen LogP contribution is -2.39. The monoisotopic (exact) mass is 264 g/mol. The van der Waals surface area contributed by atoms with Gasteiger partial charge in [-0.05, 0) is 25.8 Å². The molecule has 0 radical (unpaired) electrons. The summed E-state index contributed by atoms with van der Waals surface area (Å²) in [5, 5.41) is 14.2. The molecule has 1 saturated carbocycles. The highest BCUT2D eigenvalue weighted by Gasteiger charge is 2.24. The molecule has 0 amide bonds. The van der Waals surface area contributed by atoms with Crippen LogP contribution in [0.25, 0.3) is 0 Å². The van der Waals surface area contributed by atoms with E-state index in [0.717, 1.165) is 31.4 Å². The van der Waals surface area contributed by atoms with Crippen molar-refractivity contribution in [3.63, 3.8) is 0 Å². The Morgan fingerprint density at radius 1 is 1.37 bits per heavy atom. The van der Waals surface area contributed by atoms with Gasteiger partial charge in [0.25, 0.3) is 0 Å². The van der Waals surface area contributed by atoms with E-state index < -0.39 is 4.92 Å². The molecule has 2 rings (SSSR count). The standard InChI is InChI=1S/C13H20N4O2/c1-9-7-8-12(17(18)19)13(15-9)16-11-6-4-2-3-5-10(11)14/h7-8,10-11H,2-6,14H2,1H3,(H,15,16). The van der Waals surface area contributed by atoms with Crippen LogP contribution in [0, 0.1) is 17.0 Å². The van der Waals surface area contributed by atoms with Crippen molar-refractivity contribution in [1.29, 1.82) is 0 Å². The van der Waals surface area contributed by atoms with Crippen molar-refractivity contribution in [1.82, 2.24) is 4.98 Å². The number of nitrogens with zero attached hydrogens (tertiary/aromatic N) is 2. The van der Waals surface area contributed by atoms with Crippen molar-refractivity contribution in [3.05, 3.63) is 27.9 Å². The predicted molar refractivity (Wildman–Crippen MR) is 74.1 cm³/mol. The van der Waals surface area contributed by atoms with Gasteiger partial charge in [-0.2, -0.15) is 0 Å². The summed E-state index contributed by atoms with van der Waals surface area (Å²) in [7, 11) is 0. The average molecular weight is 264 g/mol. The summed E-state index contributed by atoms with van der Waals surface area (Å²) in [4.78, 5) is 14.9. The maximum atomic E-state index is 11.0. The van der Waals surface area contributed by atoms with Gasteiger partial charge in [-0.1, -0.05) is 19.3 Å². The third-order valence-corrected chi connectivity index (χ3v) is 3.60. The van der Waals surface area contributed by atoms with Gasteiger partial charge in [0.2, 0.25) is 5.82 Å². The lowest BCUT2D eigenvalue weighted by molar-refractivity contribution is -0.384. The van der Waals surface area contributed by atoms with Crippen molar-refractivity contribution in [2.45, 2.75) is 51.1 Å². The highest BCUT2D eigenvalue weighted by molar-refractivity contribution is 5.56. The van der Waals surface area contributed by atoms with E-state index in [4.69, 9.17) is 5.73 Å². The number of rotatable bonds is 3. The fraction of sp³-hybridized carbons (Fsp3) is 0.615. The first-order valence-electron chi connectivity index (χ1n) is 6.72. The molecular formula is C13H20N4O2. The molecule has 0 spiro atoms. The number of anilines is 1. The van der Waals surface area contributed by atoms with Crippen LogP contribution >= 0.6 is 0 Å². The maximum absolute atomic E-state index is 11.0. The summed E-state index contributed by atoms with van der Waals surface area (Å²) >= 11 is 0. The molecule has 6 nitrogen and oxygen atoms in total. The Balaban J connectivity index is 2.21. The molecule has 6 heteroatoms. The first-order chi connectivity index (χ1) is 9.08. The molecule has 1 aliphatic rings. The van der Waals surface area contributed by atoms with Crippen LogP contribution in [0.2, 0.25) is 0 Å². The van der Waals surface area contributed by atoms with Crippen LogP contribution in [0.15, 0.2) is 12.1 Å². The number of hydrogen-bond acceptors (Lipinski definition) is 5. The second-order valence-electron chi connectivity index (χ2n) is 5.13. The molecular weight excluding hydrogens is 244 g/mol. The van der Waals surface area contributed by atoms with Gasteiger partial charge in [-0.25, -0.2) is 4.98 Å². The van der Waals surface area contributed by atoms with Crippen LogP contribution in [0.5, 0.6) is 0 Å². The van der Waals surface area contributed by atoms with Crippen molar-refractivity contribution >= 4 is 11.5 Å². The lowest BCUT2D eigenvalue weighted by Gasteiger charge is -2.23. The maximum Gasteiger partial charge on any atom is 0.311 e. The van der Waals surface area contributed by atoms with E-state index in [1.807, 2.05) is 6.92 Å². The largest absolute Gasteiger partial charge is 0.360 e. The summed E-state index contributed by atoms with van der Waals surface area (Å²) in [6.45, 7) is 1.82. The third kappa shape index (κ3) is 3.41. The SMILES string of the molecule is Cc1ccc([N+](=O)[O-])c(NC2CCCCCC2N)n1. The molecule has 0 aromatic carbocycles. The first-order valence-corrected chi connectivity index (χ1v) is 6.72. The molecule has 1 heterocycles. The van der Waals surface area contributed by atoms with Gasteiger partial charge in [0.1, 0.15) is 0 Å². The minimum atomic E-state index is -0.406. The Labute approximate surface area is 112 Å². The highest BCUT2D eigenvalue weighted by atomic mass is 16.6. The molecule has 104 valence electrons. The van der Waals surface area contributed by atoms with Gasteiger partial charge in [-0.15, -0.1) is 0 Å². The van der Waals surface area contributed by atoms with Gasteiger partial charge in [-0.3, -0.25) is 10.1 Å². The van der Waals surface area contributed by atoms with Gasteiger partial charge in [0.15, 0.2) is 0 Å². The van der Waals surface area contributed by atoms with Crippen LogP contribution in [0.1, 0.15) is 37.8 Å². The molecule has 19 heavy (non-hydrogen) atoms. The molecule has 0 saturated heterocycles. The summed E-state index contributed by atoms with van der Waals surface area (Å²) in [5.74, 6) is 0.340. The minimum Gasteiger partial charge on any atom is -0.360 e. The molecule has 1 aromatic rings. The second kappa shape index (κ2) is 5.97. The Bertz CT molecular complexity index is 464. The molecule has 3 N–H and O–H groups in total. The average Bonchev–Trinajstić information content (AvgIpc) is 2.55. The lowest BCUT2D eigenvalue weighted by atomic mass is 10.0. The summed E-state index contributed by atoms with van der Waals surface area (Å²) in [6, 6.07) is 3.24. The van der Waals surface area contributed by atoms with E-state index in [1.54, 1.807) is 6.07 Å². The molecule has 1 fully saturated rings. The summed E-state index contributed by atoms with van der Waals surface area (Å²) in [5.41, 5.74) is 6.91. The molecule has 0 bridgehead atoms. The fourth-order valence-electron chi connectivity index (χ4n) is 2.49. The molecule has 1 aromatic heterocycles. The number of aromatic nitrogens is 1. The number of aryl methyl sites for hydroxylation is 1. The van der Waals surface area contributed by atoms with Crippen molar-refractivity contribution in [3.8, 4) is 0 Å². The molecule has 2 unspecified atom stereocenters. The van der Waals surface area contributed by atoms with Crippen LogP contribution in [0.4, 0.5) is 11.5 Å². The van der Waals surface area contributed by atoms with E-state index in [0.29, 0.717) is 5.82 Å². The van der Waals surface area contributed by atoms with Crippen molar-refractivity contribution in [2.24, 2.45) is 5.73 Å². The van der Waals surface area contributed by atoms with Crippen molar-refractivity contribution in [2.75, 3.05) is 5.32 Å². The number of hydrogen-bond donors (Lipinski definition) is 2. The van der Waals surface area contributed by atoms with Crippen LogP contribution in [0.3, 0.4) is 0 Å². The molecule has 2 atom stereocenters. The summed E-state index contributed by atoms with van der Waals surface area (Å²) < 4.78 is 0. The molecule has 0 aliphatic heterocycles. The zero-order chi connectivity index (χ0) is 13.8. The molecule has 1 aliphatic carbocycles. The Morgan fingerprint density at radius 3 is 2.84 bits per heavy atom. The number of nitrogens with one attached hydrogen (secondary N) is 1. The van der Waals surface area contributed by atoms with Crippen LogP contribution < -0.4 is 11.1 Å². The van der Waals surface area contributed by atoms with E-state index in [-0.39, 0.29) is 17.8 Å². The number of nitrogens with two attached hydrogens (primary N) is 1. The van der Waals surface area contributed by atoms with E-state index in [9.17, 15) is 10.1 Å². The second-order valence-corrected chi connectivity index (χ2v) is 5.13. The topological polar surface area (TPSA) is 94.1 Å². The van der Waals surface area contributed by atoms with Crippen LogP contribution in [-0.2, 0) is 0 Å². The van der Waals surface area contributed by atoms with Gasteiger partial charge in [0, 0.05) is 23.8 Å². The zero-order valence-electron chi connectivity index (χ0n) is 11.1. The normalized spacial score (nSPS) is 23.7. The fourth-order valence-corrected chi connectivity index (χ4v) is 2.49. The van der Waals surface area contributed by atoms with E-state index in [2.05, 4.69) is 10.3 Å². The van der Waals surface area contributed by atoms with Gasteiger partial charge < -0.3 is 11.1 Å². The quantitative estimate of drug-likeness (QED) is 0.496. The highest BCUT2D eigenvalue weighted by Crippen LogP contribution is 2.26. The third-order valence-electron chi connectivity index (χ3n) is 3.60. The minimum absolute atomic E-state index is 0.0158. The smallest absolute Gasteiger partial charge is 0.311 e. The number of nitro groups is 1.